The maximum atomic E-state index is 11.3. The first-order valence-electron chi connectivity index (χ1n) is 5.30. The third-order valence-corrected chi connectivity index (χ3v) is 5.31. The molecule has 0 fully saturated rings. The third-order valence-electron chi connectivity index (χ3n) is 2.73. The third kappa shape index (κ3) is 5.46. The molecular weight excluding hydrogens is 406 g/mol. The van der Waals surface area contributed by atoms with Crippen molar-refractivity contribution in [2.24, 2.45) is 0 Å². The van der Waals surface area contributed by atoms with E-state index in [1.54, 1.807) is 0 Å². The SMILES string of the molecule is O=S(=O)(O)c1ccc2c(S(=O)(=O)O)cc(S(=O)(=O)O)cc2c1.[H-].[H-].[Na+].[Na+]. The van der Waals surface area contributed by atoms with Gasteiger partial charge in [-0.3, -0.25) is 13.7 Å². The number of benzene rings is 2. The Balaban J connectivity index is -0.00000132. The zero-order valence-corrected chi connectivity index (χ0v) is 18.9. The fourth-order valence-electron chi connectivity index (χ4n) is 1.81. The van der Waals surface area contributed by atoms with E-state index in [0.717, 1.165) is 24.3 Å². The molecule has 0 radical (unpaired) electrons. The molecule has 0 aliphatic heterocycles. The van der Waals surface area contributed by atoms with Crippen molar-refractivity contribution in [1.29, 1.82) is 0 Å². The van der Waals surface area contributed by atoms with Crippen LogP contribution in [0.15, 0.2) is 45.0 Å². The van der Waals surface area contributed by atoms with Crippen molar-refractivity contribution < 1.29 is 101 Å². The fourth-order valence-corrected chi connectivity index (χ4v) is 3.68. The van der Waals surface area contributed by atoms with Crippen LogP contribution in [-0.2, 0) is 30.4 Å². The van der Waals surface area contributed by atoms with Crippen LogP contribution in [0.1, 0.15) is 2.85 Å². The van der Waals surface area contributed by atoms with E-state index in [0.29, 0.717) is 6.07 Å². The predicted octanol–water partition coefficient (Wildman–Crippen LogP) is -5.19. The number of hydrogen-bond donors (Lipinski definition) is 3. The van der Waals surface area contributed by atoms with Crippen molar-refractivity contribution in [3.05, 3.63) is 30.3 Å². The van der Waals surface area contributed by atoms with Gasteiger partial charge in [-0.2, -0.15) is 25.3 Å². The van der Waals surface area contributed by atoms with Gasteiger partial charge in [0.1, 0.15) is 4.90 Å². The molecule has 3 N–H and O–H groups in total. The fraction of sp³-hybridized carbons (Fsp3) is 0. The number of fused-ring (bicyclic) bond motifs is 1. The quantitative estimate of drug-likeness (QED) is 0.328. The molecule has 0 saturated carbocycles. The van der Waals surface area contributed by atoms with E-state index in [1.165, 1.54) is 0 Å². The Kier molecular flexibility index (Phi) is 8.12. The molecule has 0 amide bonds. The summed E-state index contributed by atoms with van der Waals surface area (Å²) in [5.74, 6) is 0. The van der Waals surface area contributed by atoms with E-state index in [-0.39, 0.29) is 72.7 Å². The minimum absolute atomic E-state index is 0. The molecule has 0 saturated heterocycles. The zero-order valence-electron chi connectivity index (χ0n) is 14.4. The van der Waals surface area contributed by atoms with Gasteiger partial charge in [0.2, 0.25) is 0 Å². The second-order valence-electron chi connectivity index (χ2n) is 4.23. The van der Waals surface area contributed by atoms with Gasteiger partial charge < -0.3 is 2.85 Å². The monoisotopic (exact) mass is 416 g/mol. The Morgan fingerprint density at radius 1 is 0.667 bits per heavy atom. The van der Waals surface area contributed by atoms with Crippen LogP contribution in [0, 0.1) is 0 Å². The summed E-state index contributed by atoms with van der Waals surface area (Å²) in [6.45, 7) is 0. The standard InChI is InChI=1S/C10H8O9S3.2Na.2H/c11-20(12,13)7-1-2-9-6(3-7)4-8(21(14,15)16)5-10(9)22(17,18)19;;;;/h1-5H,(H,11,12,13)(H,14,15,16)(H,17,18,19);;;;/q;2*+1;2*-1. The van der Waals surface area contributed by atoms with E-state index in [2.05, 4.69) is 0 Å². The van der Waals surface area contributed by atoms with Crippen LogP contribution in [0.25, 0.3) is 10.8 Å². The second kappa shape index (κ2) is 7.98. The first kappa shape index (κ1) is 24.4. The van der Waals surface area contributed by atoms with E-state index in [9.17, 15) is 25.3 Å². The molecule has 2 aromatic carbocycles. The minimum atomic E-state index is -4.85. The Labute approximate surface area is 185 Å². The van der Waals surface area contributed by atoms with Crippen LogP contribution in [-0.4, -0.2) is 38.9 Å². The van der Waals surface area contributed by atoms with Crippen molar-refractivity contribution in [2.75, 3.05) is 0 Å². The van der Waals surface area contributed by atoms with Gasteiger partial charge in [0, 0.05) is 5.39 Å². The van der Waals surface area contributed by atoms with Crippen LogP contribution in [0.4, 0.5) is 0 Å². The maximum Gasteiger partial charge on any atom is 1.00 e. The van der Waals surface area contributed by atoms with E-state index in [4.69, 9.17) is 13.7 Å². The van der Waals surface area contributed by atoms with Crippen molar-refractivity contribution in [2.45, 2.75) is 14.7 Å². The molecule has 0 aliphatic carbocycles. The molecule has 2 aromatic rings. The van der Waals surface area contributed by atoms with Crippen molar-refractivity contribution in [3.63, 3.8) is 0 Å². The number of rotatable bonds is 3. The molecule has 0 aliphatic rings. The van der Waals surface area contributed by atoms with Crippen LogP contribution >= 0.6 is 0 Å². The Bertz CT molecular complexity index is 1090. The van der Waals surface area contributed by atoms with Gasteiger partial charge in [0.05, 0.1) is 9.79 Å². The first-order valence-corrected chi connectivity index (χ1v) is 9.62. The Morgan fingerprint density at radius 2 is 1.12 bits per heavy atom. The molecule has 14 heteroatoms. The molecule has 124 valence electrons. The van der Waals surface area contributed by atoms with Crippen LogP contribution in [0.5, 0.6) is 0 Å². The van der Waals surface area contributed by atoms with Gasteiger partial charge in [-0.1, -0.05) is 6.07 Å². The molecule has 0 bridgehead atoms. The van der Waals surface area contributed by atoms with Crippen molar-refractivity contribution in [1.82, 2.24) is 0 Å². The minimum Gasteiger partial charge on any atom is -1.00 e. The summed E-state index contributed by atoms with van der Waals surface area (Å²) in [7, 11) is -14.3. The average molecular weight is 416 g/mol. The first-order chi connectivity index (χ1) is 9.80. The average Bonchev–Trinajstić information content (AvgIpc) is 2.33. The van der Waals surface area contributed by atoms with E-state index in [1.807, 2.05) is 0 Å². The number of hydrogen-bond acceptors (Lipinski definition) is 6. The zero-order chi connectivity index (χ0) is 16.9. The predicted molar refractivity (Wildman–Crippen MR) is 75.6 cm³/mol. The maximum absolute atomic E-state index is 11.3. The van der Waals surface area contributed by atoms with Crippen molar-refractivity contribution >= 4 is 41.1 Å². The second-order valence-corrected chi connectivity index (χ2v) is 8.46. The molecule has 0 heterocycles. The summed E-state index contributed by atoms with van der Waals surface area (Å²) >= 11 is 0. The van der Waals surface area contributed by atoms with Gasteiger partial charge >= 0.3 is 59.1 Å². The Morgan fingerprint density at radius 3 is 1.54 bits per heavy atom. The Hall–Kier alpha value is 0.430. The molecule has 24 heavy (non-hydrogen) atoms. The van der Waals surface area contributed by atoms with Gasteiger partial charge in [-0.05, 0) is 29.7 Å². The van der Waals surface area contributed by atoms with Gasteiger partial charge in [-0.25, -0.2) is 0 Å². The smallest absolute Gasteiger partial charge is 1.00 e. The summed E-state index contributed by atoms with van der Waals surface area (Å²) in [6.07, 6.45) is 0. The van der Waals surface area contributed by atoms with Crippen molar-refractivity contribution in [3.8, 4) is 0 Å². The van der Waals surface area contributed by atoms with E-state index < -0.39 is 45.0 Å². The van der Waals surface area contributed by atoms with E-state index >= 15 is 0 Å². The molecule has 2 rings (SSSR count). The molecule has 0 unspecified atom stereocenters. The van der Waals surface area contributed by atoms with Gasteiger partial charge in [0.15, 0.2) is 0 Å². The summed E-state index contributed by atoms with van der Waals surface area (Å²) in [6, 6.07) is 3.97. The van der Waals surface area contributed by atoms with Crippen LogP contribution in [0.3, 0.4) is 0 Å². The molecule has 9 nitrogen and oxygen atoms in total. The molecule has 0 atom stereocenters. The largest absolute Gasteiger partial charge is 1.00 e. The summed E-state index contributed by atoms with van der Waals surface area (Å²) in [5, 5.41) is -0.430. The summed E-state index contributed by atoms with van der Waals surface area (Å²) < 4.78 is 94.1. The van der Waals surface area contributed by atoms with Gasteiger partial charge in [0.25, 0.3) is 30.4 Å². The van der Waals surface area contributed by atoms with Crippen LogP contribution in [0.2, 0.25) is 0 Å². The summed E-state index contributed by atoms with van der Waals surface area (Å²) in [5.41, 5.74) is 0. The summed E-state index contributed by atoms with van der Waals surface area (Å²) in [4.78, 5) is -2.31. The molecule has 0 spiro atoms. The molecule has 0 aromatic heterocycles. The normalized spacial score (nSPS) is 12.3. The van der Waals surface area contributed by atoms with Crippen LogP contribution < -0.4 is 59.1 Å². The topological polar surface area (TPSA) is 163 Å². The van der Waals surface area contributed by atoms with Gasteiger partial charge in [-0.15, -0.1) is 0 Å². The molecular formula is C10H10Na2O9S3.